The molecule has 1 aliphatic heterocycles. The summed E-state index contributed by atoms with van der Waals surface area (Å²) in [4.78, 5) is 4.44. The minimum atomic E-state index is 0.729. The van der Waals surface area contributed by atoms with E-state index in [1.807, 2.05) is 6.07 Å². The number of hydrogen-bond acceptors (Lipinski definition) is 4. The predicted molar refractivity (Wildman–Crippen MR) is 74.8 cm³/mol. The van der Waals surface area contributed by atoms with Gasteiger partial charge in [-0.15, -0.1) is 0 Å². The number of hydrogen-bond donors (Lipinski definition) is 1. The van der Waals surface area contributed by atoms with E-state index in [1.165, 1.54) is 12.0 Å². The fourth-order valence-corrected chi connectivity index (χ4v) is 2.92. The highest BCUT2D eigenvalue weighted by molar-refractivity contribution is 7.11. The van der Waals surface area contributed by atoms with E-state index in [1.54, 1.807) is 11.3 Å². The normalized spacial score (nSPS) is 13.8. The summed E-state index contributed by atoms with van der Waals surface area (Å²) >= 11 is 1.56. The van der Waals surface area contributed by atoms with Gasteiger partial charge in [-0.2, -0.15) is 0 Å². The summed E-state index contributed by atoms with van der Waals surface area (Å²) in [7, 11) is 0. The van der Waals surface area contributed by atoms with E-state index < -0.39 is 0 Å². The van der Waals surface area contributed by atoms with Crippen molar-refractivity contribution in [3.05, 3.63) is 34.8 Å². The van der Waals surface area contributed by atoms with Crippen LogP contribution in [0.3, 0.4) is 0 Å². The first-order valence-electron chi connectivity index (χ1n) is 6.35. The van der Waals surface area contributed by atoms with E-state index in [0.717, 1.165) is 41.7 Å². The Hall–Kier alpha value is -1.55. The van der Waals surface area contributed by atoms with Gasteiger partial charge in [0.1, 0.15) is 0 Å². The lowest BCUT2D eigenvalue weighted by atomic mass is 10.0. The number of rotatable bonds is 3. The van der Waals surface area contributed by atoms with Gasteiger partial charge in [0.15, 0.2) is 5.75 Å². The van der Waals surface area contributed by atoms with Crippen molar-refractivity contribution >= 4 is 17.0 Å². The minimum Gasteiger partial charge on any atom is -0.429 e. The molecular weight excluding hydrogens is 244 g/mol. The van der Waals surface area contributed by atoms with Crippen molar-refractivity contribution in [3.63, 3.8) is 0 Å². The van der Waals surface area contributed by atoms with Crippen LogP contribution in [0, 0.1) is 0 Å². The summed E-state index contributed by atoms with van der Waals surface area (Å²) in [5.74, 6) is 0.893. The molecule has 0 amide bonds. The molecule has 0 atom stereocenters. The molecule has 4 heteroatoms. The van der Waals surface area contributed by atoms with Crippen molar-refractivity contribution in [1.82, 2.24) is 4.98 Å². The van der Waals surface area contributed by atoms with Crippen LogP contribution in [0.4, 0.5) is 5.69 Å². The Morgan fingerprint density at radius 3 is 3.22 bits per heavy atom. The molecule has 94 valence electrons. The van der Waals surface area contributed by atoms with Crippen LogP contribution in [0.1, 0.15) is 24.6 Å². The molecule has 0 saturated heterocycles. The zero-order chi connectivity index (χ0) is 12.4. The van der Waals surface area contributed by atoms with Gasteiger partial charge in [0.2, 0.25) is 0 Å². The Morgan fingerprint density at radius 1 is 1.44 bits per heavy atom. The first kappa shape index (κ1) is 11.5. The lowest BCUT2D eigenvalue weighted by Gasteiger charge is -2.20. The molecule has 0 saturated carbocycles. The molecule has 1 aromatic heterocycles. The van der Waals surface area contributed by atoms with Gasteiger partial charge in [-0.05, 0) is 30.9 Å². The topological polar surface area (TPSA) is 34.1 Å². The molecule has 2 heterocycles. The number of ether oxygens (including phenoxy) is 1. The molecule has 0 bridgehead atoms. The molecule has 3 nitrogen and oxygen atoms in total. The van der Waals surface area contributed by atoms with Gasteiger partial charge in [0.05, 0.1) is 11.4 Å². The van der Waals surface area contributed by atoms with Crippen LogP contribution in [-0.4, -0.2) is 11.5 Å². The molecule has 3 rings (SSSR count). The Morgan fingerprint density at radius 2 is 2.39 bits per heavy atom. The van der Waals surface area contributed by atoms with E-state index in [9.17, 15) is 0 Å². The van der Waals surface area contributed by atoms with E-state index >= 15 is 0 Å². The molecule has 0 unspecified atom stereocenters. The molecule has 0 aliphatic carbocycles. The summed E-state index contributed by atoms with van der Waals surface area (Å²) in [5.41, 5.74) is 3.57. The van der Waals surface area contributed by atoms with E-state index in [4.69, 9.17) is 4.74 Å². The molecule has 0 fully saturated rings. The van der Waals surface area contributed by atoms with Gasteiger partial charge in [-0.25, -0.2) is 4.98 Å². The third-order valence-electron chi connectivity index (χ3n) is 3.13. The Labute approximate surface area is 111 Å². The third kappa shape index (κ3) is 2.20. The highest BCUT2D eigenvalue weighted by atomic mass is 32.1. The number of thiazole rings is 1. The van der Waals surface area contributed by atoms with Crippen LogP contribution in [0.15, 0.2) is 23.6 Å². The number of fused-ring (bicyclic) bond motifs is 1. The monoisotopic (exact) mass is 260 g/mol. The molecule has 18 heavy (non-hydrogen) atoms. The fraction of sp³-hybridized carbons (Fsp3) is 0.357. The molecule has 1 aliphatic rings. The Kier molecular flexibility index (Phi) is 3.19. The maximum Gasteiger partial charge on any atom is 0.278 e. The highest BCUT2D eigenvalue weighted by Gasteiger charge is 2.14. The number of anilines is 1. The van der Waals surface area contributed by atoms with Crippen molar-refractivity contribution in [2.75, 3.05) is 11.9 Å². The molecular formula is C14H16N2OS. The van der Waals surface area contributed by atoms with Crippen molar-refractivity contribution in [3.8, 4) is 10.9 Å². The molecule has 0 spiro atoms. The Bertz CT molecular complexity index is 550. The number of nitrogens with one attached hydrogen (secondary N) is 1. The molecule has 2 aromatic rings. The SMILES string of the molecule is CCc1csc(Oc2cccc3c2NCCC3)n1. The standard InChI is InChI=1S/C14H16N2OS/c1-2-11-9-18-14(16-11)17-12-7-3-5-10-6-4-8-15-13(10)12/h3,5,7,9,15H,2,4,6,8H2,1H3. The maximum atomic E-state index is 5.90. The average Bonchev–Trinajstić information content (AvgIpc) is 2.87. The molecule has 1 aromatic carbocycles. The summed E-state index contributed by atoms with van der Waals surface area (Å²) in [6, 6.07) is 6.22. The largest absolute Gasteiger partial charge is 0.429 e. The molecule has 0 radical (unpaired) electrons. The smallest absolute Gasteiger partial charge is 0.278 e. The van der Waals surface area contributed by atoms with Gasteiger partial charge in [-0.3, -0.25) is 0 Å². The van der Waals surface area contributed by atoms with Gasteiger partial charge in [-0.1, -0.05) is 30.4 Å². The van der Waals surface area contributed by atoms with E-state index in [-0.39, 0.29) is 0 Å². The zero-order valence-electron chi connectivity index (χ0n) is 10.4. The van der Waals surface area contributed by atoms with Crippen molar-refractivity contribution < 1.29 is 4.74 Å². The lowest BCUT2D eigenvalue weighted by molar-refractivity contribution is 0.477. The Balaban J connectivity index is 1.88. The second-order valence-electron chi connectivity index (χ2n) is 4.38. The number of aryl methyl sites for hydroxylation is 2. The predicted octanol–water partition coefficient (Wildman–Crippen LogP) is 3.86. The summed E-state index contributed by atoms with van der Waals surface area (Å²) in [6.45, 7) is 3.12. The van der Waals surface area contributed by atoms with Crippen molar-refractivity contribution in [2.45, 2.75) is 26.2 Å². The lowest BCUT2D eigenvalue weighted by Crippen LogP contribution is -2.12. The van der Waals surface area contributed by atoms with Crippen LogP contribution in [-0.2, 0) is 12.8 Å². The summed E-state index contributed by atoms with van der Waals surface area (Å²) in [6.07, 6.45) is 3.26. The quantitative estimate of drug-likeness (QED) is 0.910. The number of aromatic nitrogens is 1. The van der Waals surface area contributed by atoms with Crippen molar-refractivity contribution in [1.29, 1.82) is 0 Å². The first-order valence-corrected chi connectivity index (χ1v) is 7.23. The van der Waals surface area contributed by atoms with Crippen LogP contribution in [0.2, 0.25) is 0 Å². The van der Waals surface area contributed by atoms with Gasteiger partial charge >= 0.3 is 0 Å². The second-order valence-corrected chi connectivity index (χ2v) is 5.20. The highest BCUT2D eigenvalue weighted by Crippen LogP contribution is 2.35. The van der Waals surface area contributed by atoms with Crippen LogP contribution >= 0.6 is 11.3 Å². The second kappa shape index (κ2) is 4.98. The fourth-order valence-electron chi connectivity index (χ4n) is 2.15. The van der Waals surface area contributed by atoms with Crippen LogP contribution in [0.25, 0.3) is 0 Å². The number of para-hydroxylation sites is 1. The molecule has 1 N–H and O–H groups in total. The van der Waals surface area contributed by atoms with Gasteiger partial charge in [0, 0.05) is 11.9 Å². The minimum absolute atomic E-state index is 0.729. The summed E-state index contributed by atoms with van der Waals surface area (Å²) < 4.78 is 5.90. The van der Waals surface area contributed by atoms with Gasteiger partial charge < -0.3 is 10.1 Å². The van der Waals surface area contributed by atoms with E-state index in [0.29, 0.717) is 0 Å². The van der Waals surface area contributed by atoms with Gasteiger partial charge in [0.25, 0.3) is 5.19 Å². The first-order chi connectivity index (χ1) is 8.86. The third-order valence-corrected chi connectivity index (χ3v) is 3.89. The summed E-state index contributed by atoms with van der Waals surface area (Å²) in [5, 5.41) is 6.21. The number of benzene rings is 1. The zero-order valence-corrected chi connectivity index (χ0v) is 11.2. The van der Waals surface area contributed by atoms with Crippen LogP contribution < -0.4 is 10.1 Å². The van der Waals surface area contributed by atoms with Crippen molar-refractivity contribution in [2.24, 2.45) is 0 Å². The average molecular weight is 260 g/mol. The van der Waals surface area contributed by atoms with E-state index in [2.05, 4.69) is 34.7 Å². The van der Waals surface area contributed by atoms with Crippen LogP contribution in [0.5, 0.6) is 10.9 Å². The number of nitrogens with zero attached hydrogens (tertiary/aromatic N) is 1. The maximum absolute atomic E-state index is 5.90.